The summed E-state index contributed by atoms with van der Waals surface area (Å²) in [6.07, 6.45) is -2.90. The van der Waals surface area contributed by atoms with Crippen LogP contribution in [0.4, 0.5) is 19.4 Å². The van der Waals surface area contributed by atoms with Gasteiger partial charge in [-0.05, 0) is 26.3 Å². The third-order valence-electron chi connectivity index (χ3n) is 4.38. The number of urea groups is 1. The van der Waals surface area contributed by atoms with Crippen LogP contribution in [0.5, 0.6) is 5.88 Å². The van der Waals surface area contributed by atoms with Gasteiger partial charge in [0.1, 0.15) is 11.5 Å². The summed E-state index contributed by atoms with van der Waals surface area (Å²) in [6.45, 7) is 5.08. The average Bonchev–Trinajstić information content (AvgIpc) is 3.08. The highest BCUT2D eigenvalue weighted by Gasteiger charge is 2.30. The number of rotatable bonds is 7. The Morgan fingerprint density at radius 1 is 1.30 bits per heavy atom. The molecule has 1 atom stereocenters. The van der Waals surface area contributed by atoms with Gasteiger partial charge in [0, 0.05) is 6.07 Å². The van der Waals surface area contributed by atoms with E-state index < -0.39 is 29.8 Å². The number of ether oxygens (including phenoxy) is 1. The largest absolute Gasteiger partial charge is 0.476 e. The maximum atomic E-state index is 13.6. The number of fused-ring (bicyclic) bond motifs is 1. The molecule has 0 radical (unpaired) electrons. The van der Waals surface area contributed by atoms with Crippen molar-refractivity contribution in [3.8, 4) is 5.88 Å². The molecule has 2 aromatic heterocycles. The first-order valence-electron chi connectivity index (χ1n) is 9.35. The van der Waals surface area contributed by atoms with Crippen molar-refractivity contribution < 1.29 is 23.4 Å². The van der Waals surface area contributed by atoms with Gasteiger partial charge in [-0.2, -0.15) is 0 Å². The molecule has 0 aliphatic rings. The quantitative estimate of drug-likeness (QED) is 0.464. The second kappa shape index (κ2) is 8.62. The van der Waals surface area contributed by atoms with E-state index in [1.54, 1.807) is 45.0 Å². The molecule has 0 fully saturated rings. The first-order chi connectivity index (χ1) is 14.2. The summed E-state index contributed by atoms with van der Waals surface area (Å²) in [5.41, 5.74) is -0.894. The summed E-state index contributed by atoms with van der Waals surface area (Å²) in [4.78, 5) is 16.4. The Morgan fingerprint density at radius 2 is 2.00 bits per heavy atom. The van der Waals surface area contributed by atoms with Crippen molar-refractivity contribution in [1.82, 2.24) is 20.5 Å². The molecule has 0 saturated heterocycles. The number of carbonyl (C=O) groups is 1. The Bertz CT molecular complexity index is 1020. The molecule has 0 aliphatic heterocycles. The van der Waals surface area contributed by atoms with Crippen molar-refractivity contribution in [2.45, 2.75) is 38.8 Å². The summed E-state index contributed by atoms with van der Waals surface area (Å²) < 4.78 is 32.4. The van der Waals surface area contributed by atoms with E-state index >= 15 is 0 Å². The molecule has 8 nitrogen and oxygen atoms in total. The second-order valence-corrected chi connectivity index (χ2v) is 7.17. The molecule has 0 aliphatic carbocycles. The number of aliphatic hydroxyl groups is 1. The molecule has 0 bridgehead atoms. The number of nitrogens with one attached hydrogen (secondary N) is 3. The fourth-order valence-corrected chi connectivity index (χ4v) is 3.10. The third-order valence-corrected chi connectivity index (χ3v) is 4.38. The van der Waals surface area contributed by atoms with Gasteiger partial charge in [-0.15, -0.1) is 5.10 Å². The number of pyridine rings is 1. The first-order valence-corrected chi connectivity index (χ1v) is 9.35. The van der Waals surface area contributed by atoms with E-state index in [2.05, 4.69) is 25.8 Å². The lowest BCUT2D eigenvalue weighted by molar-refractivity contribution is 0.0415. The van der Waals surface area contributed by atoms with Crippen molar-refractivity contribution in [1.29, 1.82) is 0 Å². The van der Waals surface area contributed by atoms with E-state index in [-0.39, 0.29) is 29.2 Å². The monoisotopic (exact) mass is 419 g/mol. The Hall–Kier alpha value is -3.27. The number of amides is 2. The van der Waals surface area contributed by atoms with E-state index in [1.807, 2.05) is 6.07 Å². The average molecular weight is 419 g/mol. The SMILES string of the molecule is CCOc1n[nH]c2cc(NC(=O)N[C@@H](c3ccccc3)C(C)(C)O)nc(C(F)F)c12. The first kappa shape index (κ1) is 21.4. The van der Waals surface area contributed by atoms with Crippen molar-refractivity contribution in [3.63, 3.8) is 0 Å². The second-order valence-electron chi connectivity index (χ2n) is 7.17. The lowest BCUT2D eigenvalue weighted by Gasteiger charge is -2.30. The van der Waals surface area contributed by atoms with Crippen molar-refractivity contribution in [2.75, 3.05) is 11.9 Å². The van der Waals surface area contributed by atoms with Crippen LogP contribution >= 0.6 is 0 Å². The van der Waals surface area contributed by atoms with Gasteiger partial charge in [0.05, 0.1) is 29.2 Å². The lowest BCUT2D eigenvalue weighted by atomic mass is 9.92. The zero-order chi connectivity index (χ0) is 21.9. The molecule has 3 rings (SSSR count). The van der Waals surface area contributed by atoms with Gasteiger partial charge in [0.25, 0.3) is 6.43 Å². The number of aromatic nitrogens is 3. The molecule has 2 amide bonds. The van der Waals surface area contributed by atoms with Crippen LogP contribution in [0.2, 0.25) is 0 Å². The molecule has 4 N–H and O–H groups in total. The topological polar surface area (TPSA) is 112 Å². The number of aromatic amines is 1. The smallest absolute Gasteiger partial charge is 0.320 e. The molecular formula is C20H23F2N5O3. The van der Waals surface area contributed by atoms with E-state index in [1.165, 1.54) is 6.07 Å². The van der Waals surface area contributed by atoms with Gasteiger partial charge in [-0.25, -0.2) is 18.6 Å². The molecule has 30 heavy (non-hydrogen) atoms. The van der Waals surface area contributed by atoms with Crippen molar-refractivity contribution >= 4 is 22.8 Å². The van der Waals surface area contributed by atoms with E-state index in [9.17, 15) is 18.7 Å². The van der Waals surface area contributed by atoms with Crippen LogP contribution in [0.15, 0.2) is 36.4 Å². The Kier molecular flexibility index (Phi) is 6.16. The fraction of sp³-hybridized carbons (Fsp3) is 0.350. The van der Waals surface area contributed by atoms with Crippen LogP contribution in [0.3, 0.4) is 0 Å². The highest BCUT2D eigenvalue weighted by Crippen LogP contribution is 2.33. The summed E-state index contributed by atoms with van der Waals surface area (Å²) in [5.74, 6) is -0.0676. The number of benzene rings is 1. The van der Waals surface area contributed by atoms with Crippen LogP contribution in [0.25, 0.3) is 10.9 Å². The summed E-state index contributed by atoms with van der Waals surface area (Å²) >= 11 is 0. The van der Waals surface area contributed by atoms with Gasteiger partial charge in [0.15, 0.2) is 0 Å². The number of hydrogen-bond acceptors (Lipinski definition) is 5. The van der Waals surface area contributed by atoms with Gasteiger partial charge >= 0.3 is 6.03 Å². The van der Waals surface area contributed by atoms with E-state index in [0.29, 0.717) is 5.56 Å². The fourth-order valence-electron chi connectivity index (χ4n) is 3.10. The minimum absolute atomic E-state index is 0.0254. The Labute approximate surface area is 171 Å². The van der Waals surface area contributed by atoms with Crippen LogP contribution in [-0.4, -0.2) is 38.5 Å². The molecule has 160 valence electrons. The molecule has 10 heteroatoms. The number of halogens is 2. The van der Waals surface area contributed by atoms with E-state index in [4.69, 9.17) is 4.74 Å². The van der Waals surface area contributed by atoms with Crippen molar-refractivity contribution in [3.05, 3.63) is 47.7 Å². The molecule has 0 saturated carbocycles. The predicted molar refractivity (Wildman–Crippen MR) is 108 cm³/mol. The molecule has 3 aromatic rings. The number of carbonyl (C=O) groups excluding carboxylic acids is 1. The van der Waals surface area contributed by atoms with Crippen molar-refractivity contribution in [2.24, 2.45) is 0 Å². The number of anilines is 1. The molecule has 1 aromatic carbocycles. The van der Waals surface area contributed by atoms with Crippen LogP contribution in [0.1, 0.15) is 44.5 Å². The Balaban J connectivity index is 1.87. The number of nitrogens with zero attached hydrogens (tertiary/aromatic N) is 2. The maximum Gasteiger partial charge on any atom is 0.320 e. The van der Waals surface area contributed by atoms with E-state index in [0.717, 1.165) is 0 Å². The van der Waals surface area contributed by atoms with Crippen LogP contribution in [-0.2, 0) is 0 Å². The molecule has 0 unspecified atom stereocenters. The van der Waals surface area contributed by atoms with Crippen LogP contribution in [0, 0.1) is 0 Å². The lowest BCUT2D eigenvalue weighted by Crippen LogP contribution is -2.44. The third kappa shape index (κ3) is 4.65. The normalized spacial score (nSPS) is 12.8. The summed E-state index contributed by atoms with van der Waals surface area (Å²) in [5, 5.41) is 22.2. The zero-order valence-electron chi connectivity index (χ0n) is 16.7. The number of H-pyrrole nitrogens is 1. The maximum absolute atomic E-state index is 13.6. The Morgan fingerprint density at radius 3 is 2.60 bits per heavy atom. The molecular weight excluding hydrogens is 396 g/mol. The van der Waals surface area contributed by atoms with Gasteiger partial charge in [-0.3, -0.25) is 10.4 Å². The van der Waals surface area contributed by atoms with Gasteiger partial charge < -0.3 is 15.2 Å². The highest BCUT2D eigenvalue weighted by atomic mass is 19.3. The molecule has 2 heterocycles. The predicted octanol–water partition coefficient (Wildman–Crippen LogP) is 3.93. The standard InChI is InChI=1S/C20H23F2N5O3/c1-4-30-18-14-12(26-27-18)10-13(23-15(14)17(21)22)24-19(28)25-16(20(2,3)29)11-8-6-5-7-9-11/h5-10,16-17,29H,4H2,1-3H3,(H,26,27)(H2,23,24,25,28)/t16-/m0/s1. The minimum atomic E-state index is -2.90. The van der Waals surface area contributed by atoms with Gasteiger partial charge in [-0.1, -0.05) is 30.3 Å². The summed E-state index contributed by atoms with van der Waals surface area (Å²) in [7, 11) is 0. The summed E-state index contributed by atoms with van der Waals surface area (Å²) in [6, 6.07) is 8.86. The van der Waals surface area contributed by atoms with Gasteiger partial charge in [0.2, 0.25) is 5.88 Å². The molecule has 0 spiro atoms. The zero-order valence-corrected chi connectivity index (χ0v) is 16.7. The minimum Gasteiger partial charge on any atom is -0.476 e. The number of hydrogen-bond donors (Lipinski definition) is 4. The van der Waals surface area contributed by atoms with Crippen LogP contribution < -0.4 is 15.4 Å². The highest BCUT2D eigenvalue weighted by molar-refractivity contribution is 5.93. The number of alkyl halides is 2.